The van der Waals surface area contributed by atoms with E-state index in [4.69, 9.17) is 0 Å². The van der Waals surface area contributed by atoms with Gasteiger partial charge in [0.1, 0.15) is 0 Å². The van der Waals surface area contributed by atoms with Gasteiger partial charge >= 0.3 is 0 Å². The lowest BCUT2D eigenvalue weighted by Crippen LogP contribution is -2.56. The van der Waals surface area contributed by atoms with Gasteiger partial charge in [-0.25, -0.2) is 0 Å². The summed E-state index contributed by atoms with van der Waals surface area (Å²) in [5.41, 5.74) is 0. The van der Waals surface area contributed by atoms with Gasteiger partial charge in [0.05, 0.1) is 0 Å². The van der Waals surface area contributed by atoms with Crippen LogP contribution in [0.4, 0.5) is 0 Å². The van der Waals surface area contributed by atoms with Crippen molar-refractivity contribution in [1.82, 2.24) is 10.2 Å². The standard InChI is InChI=1S/C12H26N2S/c1-10(2)11-8-13-6-7-14(11)9-12(3,4)15-5/h10-11,13H,6-9H2,1-5H3. The summed E-state index contributed by atoms with van der Waals surface area (Å²) in [6.07, 6.45) is 2.21. The zero-order valence-corrected chi connectivity index (χ0v) is 11.7. The first-order valence-corrected chi connectivity index (χ1v) is 7.18. The highest BCUT2D eigenvalue weighted by Gasteiger charge is 2.29. The highest BCUT2D eigenvalue weighted by atomic mass is 32.2. The van der Waals surface area contributed by atoms with Crippen molar-refractivity contribution in [3.8, 4) is 0 Å². The third-order valence-electron chi connectivity index (χ3n) is 3.30. The second-order valence-electron chi connectivity index (χ2n) is 5.45. The lowest BCUT2D eigenvalue weighted by molar-refractivity contribution is 0.116. The molecule has 1 rings (SSSR count). The van der Waals surface area contributed by atoms with E-state index in [-0.39, 0.29) is 0 Å². The van der Waals surface area contributed by atoms with E-state index in [2.05, 4.69) is 44.2 Å². The van der Waals surface area contributed by atoms with Crippen molar-refractivity contribution in [2.75, 3.05) is 32.4 Å². The molecule has 0 spiro atoms. The van der Waals surface area contributed by atoms with Crippen LogP contribution in [0.15, 0.2) is 0 Å². The molecule has 1 N–H and O–H groups in total. The smallest absolute Gasteiger partial charge is 0.0244 e. The summed E-state index contributed by atoms with van der Waals surface area (Å²) in [6, 6.07) is 0.713. The largest absolute Gasteiger partial charge is 0.314 e. The average molecular weight is 230 g/mol. The molecular weight excluding hydrogens is 204 g/mol. The first-order valence-electron chi connectivity index (χ1n) is 5.96. The molecule has 1 fully saturated rings. The maximum absolute atomic E-state index is 3.50. The molecule has 90 valence electrons. The van der Waals surface area contributed by atoms with E-state index in [1.807, 2.05) is 11.8 Å². The van der Waals surface area contributed by atoms with Gasteiger partial charge in [0.25, 0.3) is 0 Å². The third kappa shape index (κ3) is 3.97. The molecule has 3 heteroatoms. The highest BCUT2D eigenvalue weighted by Crippen LogP contribution is 2.25. The summed E-state index contributed by atoms with van der Waals surface area (Å²) in [5, 5.41) is 3.50. The molecule has 0 aromatic heterocycles. The molecular formula is C12H26N2S. The second kappa shape index (κ2) is 5.55. The predicted molar refractivity (Wildman–Crippen MR) is 70.7 cm³/mol. The lowest BCUT2D eigenvalue weighted by atomic mass is 9.99. The van der Waals surface area contributed by atoms with Crippen LogP contribution in [0.25, 0.3) is 0 Å². The van der Waals surface area contributed by atoms with Crippen LogP contribution in [-0.4, -0.2) is 48.1 Å². The van der Waals surface area contributed by atoms with Gasteiger partial charge in [-0.2, -0.15) is 11.8 Å². The number of nitrogens with one attached hydrogen (secondary N) is 1. The molecule has 0 radical (unpaired) electrons. The minimum atomic E-state index is 0.379. The van der Waals surface area contributed by atoms with Gasteiger partial charge in [-0.05, 0) is 26.0 Å². The molecule has 0 bridgehead atoms. The van der Waals surface area contributed by atoms with E-state index in [1.54, 1.807) is 0 Å². The fourth-order valence-corrected chi connectivity index (χ4v) is 2.47. The third-order valence-corrected chi connectivity index (χ3v) is 4.54. The molecule has 0 saturated carbocycles. The number of thioether (sulfide) groups is 1. The molecule has 0 amide bonds. The van der Waals surface area contributed by atoms with Gasteiger partial charge in [-0.3, -0.25) is 4.90 Å². The zero-order valence-electron chi connectivity index (χ0n) is 10.8. The topological polar surface area (TPSA) is 15.3 Å². The predicted octanol–water partition coefficient (Wildman–Crippen LogP) is 2.06. The number of hydrogen-bond donors (Lipinski definition) is 1. The Morgan fingerprint density at radius 2 is 2.13 bits per heavy atom. The normalized spacial score (nSPS) is 24.8. The Morgan fingerprint density at radius 3 is 2.67 bits per heavy atom. The van der Waals surface area contributed by atoms with E-state index in [0.29, 0.717) is 10.8 Å². The molecule has 1 aliphatic rings. The maximum Gasteiger partial charge on any atom is 0.0244 e. The Kier molecular flexibility index (Phi) is 4.94. The minimum absolute atomic E-state index is 0.379. The first kappa shape index (κ1) is 13.3. The van der Waals surface area contributed by atoms with Crippen molar-refractivity contribution in [2.45, 2.75) is 38.5 Å². The Morgan fingerprint density at radius 1 is 1.47 bits per heavy atom. The fraction of sp³-hybridized carbons (Fsp3) is 1.00. The molecule has 0 aromatic carbocycles. The molecule has 1 atom stereocenters. The summed E-state index contributed by atoms with van der Waals surface area (Å²) in [7, 11) is 0. The summed E-state index contributed by atoms with van der Waals surface area (Å²) in [4.78, 5) is 2.66. The SMILES string of the molecule is CSC(C)(C)CN1CCNCC1C(C)C. The van der Waals surface area contributed by atoms with Gasteiger partial charge in [0, 0.05) is 37.0 Å². The number of piperazine rings is 1. The Balaban J connectivity index is 2.57. The van der Waals surface area contributed by atoms with Crippen LogP contribution in [0, 0.1) is 5.92 Å². The monoisotopic (exact) mass is 230 g/mol. The van der Waals surface area contributed by atoms with Crippen molar-refractivity contribution < 1.29 is 0 Å². The van der Waals surface area contributed by atoms with Crippen LogP contribution in [0.3, 0.4) is 0 Å². The van der Waals surface area contributed by atoms with Crippen LogP contribution < -0.4 is 5.32 Å². The van der Waals surface area contributed by atoms with Crippen molar-refractivity contribution in [1.29, 1.82) is 0 Å². The van der Waals surface area contributed by atoms with E-state index >= 15 is 0 Å². The zero-order chi connectivity index (χ0) is 11.5. The fourth-order valence-electron chi connectivity index (χ4n) is 2.17. The number of rotatable bonds is 4. The lowest BCUT2D eigenvalue weighted by Gasteiger charge is -2.42. The number of hydrogen-bond acceptors (Lipinski definition) is 3. The summed E-state index contributed by atoms with van der Waals surface area (Å²) in [5.74, 6) is 0.746. The van der Waals surface area contributed by atoms with E-state index in [1.165, 1.54) is 13.1 Å². The van der Waals surface area contributed by atoms with Gasteiger partial charge in [-0.15, -0.1) is 0 Å². The van der Waals surface area contributed by atoms with Crippen molar-refractivity contribution >= 4 is 11.8 Å². The van der Waals surface area contributed by atoms with Crippen molar-refractivity contribution in [2.24, 2.45) is 5.92 Å². The molecule has 0 aliphatic carbocycles. The Hall–Kier alpha value is 0.270. The van der Waals surface area contributed by atoms with Gasteiger partial charge in [-0.1, -0.05) is 13.8 Å². The molecule has 0 aromatic rings. The van der Waals surface area contributed by atoms with Crippen LogP contribution in [0.2, 0.25) is 0 Å². The molecule has 15 heavy (non-hydrogen) atoms. The Bertz CT molecular complexity index is 192. The van der Waals surface area contributed by atoms with E-state index in [0.717, 1.165) is 19.0 Å². The molecule has 2 nitrogen and oxygen atoms in total. The summed E-state index contributed by atoms with van der Waals surface area (Å²) < 4.78 is 0.379. The molecule has 1 unspecified atom stereocenters. The van der Waals surface area contributed by atoms with E-state index < -0.39 is 0 Å². The van der Waals surface area contributed by atoms with Gasteiger partial charge in [0.15, 0.2) is 0 Å². The first-order chi connectivity index (χ1) is 6.96. The van der Waals surface area contributed by atoms with Crippen molar-refractivity contribution in [3.05, 3.63) is 0 Å². The molecule has 1 aliphatic heterocycles. The van der Waals surface area contributed by atoms with Gasteiger partial charge in [0.2, 0.25) is 0 Å². The molecule has 1 saturated heterocycles. The molecule has 1 heterocycles. The Labute approximate surface area is 99.2 Å². The van der Waals surface area contributed by atoms with E-state index in [9.17, 15) is 0 Å². The summed E-state index contributed by atoms with van der Waals surface area (Å²) >= 11 is 1.97. The summed E-state index contributed by atoms with van der Waals surface area (Å²) in [6.45, 7) is 14.1. The quantitative estimate of drug-likeness (QED) is 0.796. The van der Waals surface area contributed by atoms with Crippen LogP contribution in [-0.2, 0) is 0 Å². The number of nitrogens with zero attached hydrogens (tertiary/aromatic N) is 1. The minimum Gasteiger partial charge on any atom is -0.314 e. The average Bonchev–Trinajstić information content (AvgIpc) is 2.18. The van der Waals surface area contributed by atoms with Crippen LogP contribution >= 0.6 is 11.8 Å². The highest BCUT2D eigenvalue weighted by molar-refractivity contribution is 7.99. The maximum atomic E-state index is 3.50. The van der Waals surface area contributed by atoms with Crippen LogP contribution in [0.1, 0.15) is 27.7 Å². The van der Waals surface area contributed by atoms with Crippen LogP contribution in [0.5, 0.6) is 0 Å². The van der Waals surface area contributed by atoms with Crippen molar-refractivity contribution in [3.63, 3.8) is 0 Å². The second-order valence-corrected chi connectivity index (χ2v) is 6.96. The van der Waals surface area contributed by atoms with Gasteiger partial charge < -0.3 is 5.32 Å².